The van der Waals surface area contributed by atoms with Gasteiger partial charge in [-0.3, -0.25) is 9.36 Å². The van der Waals surface area contributed by atoms with Crippen molar-refractivity contribution in [3.63, 3.8) is 0 Å². The molecule has 1 atom stereocenters. The Labute approximate surface area is 197 Å². The number of carbonyl (C=O) groups excluding carboxylic acids is 1. The highest BCUT2D eigenvalue weighted by atomic mass is 19.1. The molecule has 9 nitrogen and oxygen atoms in total. The van der Waals surface area contributed by atoms with Crippen molar-refractivity contribution in [2.75, 3.05) is 23.8 Å². The minimum absolute atomic E-state index is 0.0364. The molecule has 186 valence electrons. The second-order valence-corrected chi connectivity index (χ2v) is 11.1. The van der Waals surface area contributed by atoms with Gasteiger partial charge in [0, 0.05) is 36.2 Å². The molecular weight excluding hydrogens is 441 g/mol. The van der Waals surface area contributed by atoms with E-state index in [1.165, 1.54) is 10.6 Å². The first-order valence-electron chi connectivity index (χ1n) is 11.7. The van der Waals surface area contributed by atoms with Crippen LogP contribution in [-0.2, 0) is 4.74 Å². The van der Waals surface area contributed by atoms with E-state index in [9.17, 15) is 14.4 Å². The largest absolute Gasteiger partial charge is 0.444 e. The first-order chi connectivity index (χ1) is 15.7. The molecule has 2 aromatic rings. The number of alkyl carbamates (subject to hydrolysis) is 1. The molecule has 3 N–H and O–H groups in total. The molecule has 1 saturated heterocycles. The number of fused-ring (bicyclic) bond motifs is 1. The Morgan fingerprint density at radius 1 is 1.18 bits per heavy atom. The van der Waals surface area contributed by atoms with Crippen LogP contribution in [0, 0.1) is 18.7 Å². The lowest BCUT2D eigenvalue weighted by molar-refractivity contribution is 0.0442. The lowest BCUT2D eigenvalue weighted by Crippen LogP contribution is -2.51. The number of benzene rings is 1. The molecule has 0 spiro atoms. The Morgan fingerprint density at radius 2 is 1.82 bits per heavy atom. The Kier molecular flexibility index (Phi) is 5.69. The van der Waals surface area contributed by atoms with Gasteiger partial charge in [-0.2, -0.15) is 4.68 Å². The molecule has 34 heavy (non-hydrogen) atoms. The number of nitrogens with one attached hydrogen (secondary N) is 1. The van der Waals surface area contributed by atoms with Crippen molar-refractivity contribution in [1.82, 2.24) is 14.6 Å². The van der Waals surface area contributed by atoms with Gasteiger partial charge in [-0.1, -0.05) is 0 Å². The van der Waals surface area contributed by atoms with E-state index in [1.54, 1.807) is 6.92 Å². The summed E-state index contributed by atoms with van der Waals surface area (Å²) in [6.07, 6.45) is 1.88. The van der Waals surface area contributed by atoms with Crippen molar-refractivity contribution in [3.8, 4) is 0 Å². The number of nitrogens with two attached hydrogens (primary N) is 1. The van der Waals surface area contributed by atoms with E-state index in [4.69, 9.17) is 10.6 Å². The van der Waals surface area contributed by atoms with Crippen LogP contribution < -0.4 is 27.3 Å². The summed E-state index contributed by atoms with van der Waals surface area (Å²) >= 11 is 0. The molecule has 1 aromatic carbocycles. The third kappa shape index (κ3) is 4.25. The number of aryl methyl sites for hydroxylation is 1. The van der Waals surface area contributed by atoms with Gasteiger partial charge in [0.25, 0.3) is 5.56 Å². The molecule has 1 aliphatic heterocycles. The number of nitrogens with zero attached hydrogens (tertiary/aromatic N) is 3. The van der Waals surface area contributed by atoms with E-state index in [1.807, 2.05) is 39.5 Å². The summed E-state index contributed by atoms with van der Waals surface area (Å²) in [4.78, 5) is 39.7. The van der Waals surface area contributed by atoms with Crippen LogP contribution in [0.25, 0.3) is 10.9 Å². The van der Waals surface area contributed by atoms with Gasteiger partial charge in [-0.05, 0) is 66.9 Å². The van der Waals surface area contributed by atoms with Gasteiger partial charge in [-0.15, -0.1) is 0 Å². The number of ether oxygens (including phenoxy) is 1. The summed E-state index contributed by atoms with van der Waals surface area (Å²) in [5, 5.41) is 3.06. The van der Waals surface area contributed by atoms with Gasteiger partial charge in [0.15, 0.2) is 0 Å². The van der Waals surface area contributed by atoms with Crippen molar-refractivity contribution in [2.45, 2.75) is 78.0 Å². The Balaban J connectivity index is 1.68. The van der Waals surface area contributed by atoms with Crippen LogP contribution in [0.3, 0.4) is 0 Å². The highest BCUT2D eigenvalue weighted by Crippen LogP contribution is 2.40. The molecule has 1 aliphatic carbocycles. The zero-order valence-corrected chi connectivity index (χ0v) is 20.7. The van der Waals surface area contributed by atoms with Crippen molar-refractivity contribution in [2.24, 2.45) is 5.92 Å². The standard InChI is InChI=1S/C24H34FN5O4/c1-13-18-16(20(31)30(26)22(33)29(18)15-7-8-15)11-17(25)19(13)28-10-9-14(12-28)24(5,6)27-21(32)34-23(2,3)4/h11,14-15H,7-10,12,26H2,1-6H3,(H,27,32). The van der Waals surface area contributed by atoms with E-state index in [0.717, 1.165) is 19.3 Å². The second-order valence-electron chi connectivity index (χ2n) is 11.1. The van der Waals surface area contributed by atoms with Gasteiger partial charge in [0.1, 0.15) is 11.4 Å². The second kappa shape index (κ2) is 8.02. The van der Waals surface area contributed by atoms with Crippen LogP contribution in [0.1, 0.15) is 65.5 Å². The van der Waals surface area contributed by atoms with Crippen LogP contribution >= 0.6 is 0 Å². The SMILES string of the molecule is Cc1c(N2CCC(C(C)(C)NC(=O)OC(C)(C)C)C2)c(F)cc2c(=O)n(N)c(=O)n(C3CC3)c12. The van der Waals surface area contributed by atoms with Crippen LogP contribution in [0.2, 0.25) is 0 Å². The predicted octanol–water partition coefficient (Wildman–Crippen LogP) is 2.79. The molecule has 0 radical (unpaired) electrons. The zero-order chi connectivity index (χ0) is 25.2. The molecule has 10 heteroatoms. The van der Waals surface area contributed by atoms with Crippen LogP contribution in [0.5, 0.6) is 0 Å². The number of carbonyl (C=O) groups is 1. The molecule has 2 fully saturated rings. The summed E-state index contributed by atoms with van der Waals surface area (Å²) in [6, 6.07) is 1.16. The molecule has 1 saturated carbocycles. The van der Waals surface area contributed by atoms with Gasteiger partial charge < -0.3 is 20.8 Å². The van der Waals surface area contributed by atoms with Gasteiger partial charge in [0.05, 0.1) is 16.6 Å². The molecule has 4 rings (SSSR count). The van der Waals surface area contributed by atoms with Crippen molar-refractivity contribution in [1.29, 1.82) is 0 Å². The Bertz CT molecular complexity index is 1270. The number of hydrogen-bond acceptors (Lipinski definition) is 6. The third-order valence-corrected chi connectivity index (χ3v) is 6.83. The number of amides is 1. The number of halogens is 1. The van der Waals surface area contributed by atoms with Crippen molar-refractivity contribution in [3.05, 3.63) is 38.3 Å². The zero-order valence-electron chi connectivity index (χ0n) is 20.7. The first kappa shape index (κ1) is 24.1. The maximum Gasteiger partial charge on any atom is 0.408 e. The highest BCUT2D eigenvalue weighted by molar-refractivity contribution is 5.87. The fourth-order valence-electron chi connectivity index (χ4n) is 4.94. The first-order valence-corrected chi connectivity index (χ1v) is 11.7. The molecule has 2 heterocycles. The average Bonchev–Trinajstić information content (AvgIpc) is 3.41. The van der Waals surface area contributed by atoms with E-state index in [-0.39, 0.29) is 17.3 Å². The normalized spacial score (nSPS) is 19.0. The molecule has 1 unspecified atom stereocenters. The van der Waals surface area contributed by atoms with E-state index in [0.29, 0.717) is 34.5 Å². The number of rotatable bonds is 4. The number of nitrogen functional groups attached to an aromatic ring is 1. The lowest BCUT2D eigenvalue weighted by atomic mass is 9.87. The quantitative estimate of drug-likeness (QED) is 0.658. The maximum absolute atomic E-state index is 15.4. The predicted molar refractivity (Wildman–Crippen MR) is 129 cm³/mol. The molecule has 0 bridgehead atoms. The topological polar surface area (TPSA) is 112 Å². The van der Waals surface area contributed by atoms with Gasteiger partial charge >= 0.3 is 11.8 Å². The summed E-state index contributed by atoms with van der Waals surface area (Å²) in [6.45, 7) is 12.1. The summed E-state index contributed by atoms with van der Waals surface area (Å²) < 4.78 is 22.9. The van der Waals surface area contributed by atoms with Crippen LogP contribution in [0.15, 0.2) is 15.7 Å². The molecular formula is C24H34FN5O4. The van der Waals surface area contributed by atoms with E-state index in [2.05, 4.69) is 5.32 Å². The lowest BCUT2D eigenvalue weighted by Gasteiger charge is -2.34. The minimum Gasteiger partial charge on any atom is -0.444 e. The number of hydrogen-bond donors (Lipinski definition) is 2. The summed E-state index contributed by atoms with van der Waals surface area (Å²) in [7, 11) is 0. The Hall–Kier alpha value is -3.04. The molecule has 2 aliphatic rings. The highest BCUT2D eigenvalue weighted by Gasteiger charge is 2.39. The van der Waals surface area contributed by atoms with Crippen LogP contribution in [0.4, 0.5) is 14.9 Å². The van der Waals surface area contributed by atoms with Crippen LogP contribution in [-0.4, -0.2) is 39.6 Å². The van der Waals surface area contributed by atoms with E-state index >= 15 is 4.39 Å². The maximum atomic E-state index is 15.4. The summed E-state index contributed by atoms with van der Waals surface area (Å²) in [5.74, 6) is 5.22. The number of aromatic nitrogens is 2. The Morgan fingerprint density at radius 3 is 2.41 bits per heavy atom. The van der Waals surface area contributed by atoms with Crippen molar-refractivity contribution >= 4 is 22.7 Å². The third-order valence-electron chi connectivity index (χ3n) is 6.83. The summed E-state index contributed by atoms with van der Waals surface area (Å²) in [5.41, 5.74) is -1.09. The van der Waals surface area contributed by atoms with Crippen molar-refractivity contribution < 1.29 is 13.9 Å². The smallest absolute Gasteiger partial charge is 0.408 e. The van der Waals surface area contributed by atoms with Gasteiger partial charge in [0.2, 0.25) is 0 Å². The fraction of sp³-hybridized carbons (Fsp3) is 0.625. The minimum atomic E-state index is -0.701. The fourth-order valence-corrected chi connectivity index (χ4v) is 4.94. The molecule has 1 aromatic heterocycles. The average molecular weight is 476 g/mol. The van der Waals surface area contributed by atoms with Gasteiger partial charge in [-0.25, -0.2) is 14.0 Å². The van der Waals surface area contributed by atoms with E-state index < -0.39 is 34.3 Å². The molecule has 1 amide bonds. The monoisotopic (exact) mass is 475 g/mol. The number of anilines is 1.